The summed E-state index contributed by atoms with van der Waals surface area (Å²) in [6, 6.07) is 7.56. The Kier molecular flexibility index (Phi) is 15.3. The molecule has 266 valence electrons. The summed E-state index contributed by atoms with van der Waals surface area (Å²) in [6.07, 6.45) is 7.10. The lowest BCUT2D eigenvalue weighted by molar-refractivity contribution is -0.136. The topological polar surface area (TPSA) is 116 Å². The third kappa shape index (κ3) is 14.2. The van der Waals surface area contributed by atoms with E-state index in [1.54, 1.807) is 0 Å². The predicted molar refractivity (Wildman–Crippen MR) is 195 cm³/mol. The van der Waals surface area contributed by atoms with Crippen LogP contribution in [-0.4, -0.2) is 34.0 Å². The van der Waals surface area contributed by atoms with Gasteiger partial charge in [0.15, 0.2) is 0 Å². The molecule has 7 nitrogen and oxygen atoms in total. The summed E-state index contributed by atoms with van der Waals surface area (Å²) in [4.78, 5) is 22.9. The van der Waals surface area contributed by atoms with Crippen LogP contribution in [0.2, 0.25) is 0 Å². The Labute approximate surface area is 285 Å². The van der Waals surface area contributed by atoms with Gasteiger partial charge in [-0.2, -0.15) is 0 Å². The quantitative estimate of drug-likeness (QED) is 0.141. The molecule has 0 aromatic heterocycles. The van der Waals surface area contributed by atoms with Crippen molar-refractivity contribution in [3.05, 3.63) is 52.1 Å². The maximum atomic E-state index is 12.2. The molecule has 0 saturated heterocycles. The fourth-order valence-corrected chi connectivity index (χ4v) is 5.28. The highest BCUT2D eigenvalue weighted by molar-refractivity contribution is 5.85. The minimum Gasteiger partial charge on any atom is -0.507 e. The number of hydrogen-bond donors (Lipinski definition) is 4. The van der Waals surface area contributed by atoms with Gasteiger partial charge in [0.25, 0.3) is 0 Å². The number of phenolic OH excluding ortho intramolecular Hbond substituents is 2. The van der Waals surface area contributed by atoms with Gasteiger partial charge in [-0.1, -0.05) is 134 Å². The van der Waals surface area contributed by atoms with Gasteiger partial charge in [-0.05, 0) is 63.3 Å². The molecule has 0 heterocycles. The van der Waals surface area contributed by atoms with Gasteiger partial charge in [-0.3, -0.25) is 10.1 Å². The van der Waals surface area contributed by atoms with Crippen molar-refractivity contribution in [1.29, 1.82) is 0 Å². The van der Waals surface area contributed by atoms with Gasteiger partial charge >= 0.3 is 12.1 Å². The number of aromatic hydroxyl groups is 2. The summed E-state index contributed by atoms with van der Waals surface area (Å²) in [7, 11) is 0. The Bertz CT molecular complexity index is 1250. The molecule has 0 aliphatic rings. The minimum absolute atomic E-state index is 0.109. The Morgan fingerprint density at radius 1 is 0.638 bits per heavy atom. The van der Waals surface area contributed by atoms with E-state index in [0.717, 1.165) is 40.7 Å². The Balaban J connectivity index is 0.000000491. The molecule has 0 fully saturated rings. The standard InChI is InChI=1S/C23H39NO3.C17H26O3/c1-8-9-10-11-12-13-14-27-21(26)24-17-15-18(22(2,3)4)20(25)19(16-17)23(5,6)7;1-16(2,3)12-9-11(7-8-14(18)19)10-13(15(12)20)17(4,5)6/h15-16,25H,8-14H2,1-7H3,(H,24,26);9-10,20H,7-8H2,1-6H3,(H,18,19). The van der Waals surface area contributed by atoms with Crippen LogP contribution < -0.4 is 5.32 Å². The zero-order valence-electron chi connectivity index (χ0n) is 31.7. The van der Waals surface area contributed by atoms with E-state index < -0.39 is 12.1 Å². The van der Waals surface area contributed by atoms with Crippen LogP contribution in [0.15, 0.2) is 24.3 Å². The molecule has 2 rings (SSSR count). The summed E-state index contributed by atoms with van der Waals surface area (Å²) in [6.45, 7) is 27.3. The molecule has 0 radical (unpaired) electrons. The average molecular weight is 656 g/mol. The lowest BCUT2D eigenvalue weighted by Crippen LogP contribution is -2.20. The number of anilines is 1. The Hall–Kier alpha value is -3.22. The van der Waals surface area contributed by atoms with E-state index in [0.29, 0.717) is 30.2 Å². The molecular formula is C40H65NO6. The number of phenols is 2. The fraction of sp³-hybridized carbons (Fsp3) is 0.650. The third-order valence-electron chi connectivity index (χ3n) is 8.12. The van der Waals surface area contributed by atoms with Crippen molar-refractivity contribution in [2.24, 2.45) is 0 Å². The molecule has 0 spiro atoms. The van der Waals surface area contributed by atoms with E-state index in [1.165, 1.54) is 25.7 Å². The molecule has 0 unspecified atom stereocenters. The number of hydrogen-bond acceptors (Lipinski definition) is 5. The normalized spacial score (nSPS) is 12.3. The average Bonchev–Trinajstić information content (AvgIpc) is 2.90. The molecule has 0 bridgehead atoms. The van der Waals surface area contributed by atoms with E-state index >= 15 is 0 Å². The molecule has 1 amide bonds. The van der Waals surface area contributed by atoms with Crippen molar-refractivity contribution in [3.8, 4) is 11.5 Å². The molecule has 47 heavy (non-hydrogen) atoms. The summed E-state index contributed by atoms with van der Waals surface area (Å²) < 4.78 is 5.32. The number of carboxylic acid groups (broad SMARTS) is 1. The van der Waals surface area contributed by atoms with E-state index in [-0.39, 0.29) is 28.1 Å². The molecular weight excluding hydrogens is 590 g/mol. The maximum absolute atomic E-state index is 12.2. The molecule has 0 atom stereocenters. The van der Waals surface area contributed by atoms with E-state index in [1.807, 2.05) is 24.3 Å². The van der Waals surface area contributed by atoms with Gasteiger partial charge in [-0.25, -0.2) is 4.79 Å². The van der Waals surface area contributed by atoms with Crippen molar-refractivity contribution in [1.82, 2.24) is 0 Å². The summed E-state index contributed by atoms with van der Waals surface area (Å²) in [5.74, 6) is -0.155. The first-order chi connectivity index (χ1) is 21.4. The highest BCUT2D eigenvalue weighted by Gasteiger charge is 2.28. The number of carbonyl (C=O) groups excluding carboxylic acids is 1. The number of unbranched alkanes of at least 4 members (excludes halogenated alkanes) is 5. The highest BCUT2D eigenvalue weighted by Crippen LogP contribution is 2.42. The second-order valence-electron chi connectivity index (χ2n) is 16.9. The van der Waals surface area contributed by atoms with E-state index in [4.69, 9.17) is 9.84 Å². The smallest absolute Gasteiger partial charge is 0.411 e. The molecule has 2 aromatic rings. The summed E-state index contributed by atoms with van der Waals surface area (Å²) in [5, 5.41) is 33.0. The van der Waals surface area contributed by atoms with Crippen molar-refractivity contribution >= 4 is 17.7 Å². The monoisotopic (exact) mass is 655 g/mol. The molecule has 0 saturated carbocycles. The van der Waals surface area contributed by atoms with Crippen LogP contribution in [0.3, 0.4) is 0 Å². The molecule has 2 aromatic carbocycles. The first-order valence-electron chi connectivity index (χ1n) is 17.3. The van der Waals surface area contributed by atoms with Crippen LogP contribution in [0, 0.1) is 0 Å². The molecule has 4 N–H and O–H groups in total. The van der Waals surface area contributed by atoms with Gasteiger partial charge in [0.05, 0.1) is 6.61 Å². The van der Waals surface area contributed by atoms with Crippen LogP contribution in [0.4, 0.5) is 10.5 Å². The van der Waals surface area contributed by atoms with Crippen LogP contribution in [0.5, 0.6) is 11.5 Å². The van der Waals surface area contributed by atoms with Crippen molar-refractivity contribution in [2.75, 3.05) is 11.9 Å². The van der Waals surface area contributed by atoms with Gasteiger partial charge in [-0.15, -0.1) is 0 Å². The zero-order valence-corrected chi connectivity index (χ0v) is 31.7. The number of nitrogens with one attached hydrogen (secondary N) is 1. The molecule has 0 aliphatic carbocycles. The number of amides is 1. The van der Waals surface area contributed by atoms with Crippen molar-refractivity contribution in [2.45, 2.75) is 163 Å². The number of aryl methyl sites for hydroxylation is 1. The van der Waals surface area contributed by atoms with Gasteiger partial charge in [0.2, 0.25) is 0 Å². The van der Waals surface area contributed by atoms with Gasteiger partial charge in [0, 0.05) is 23.2 Å². The number of carbonyl (C=O) groups is 2. The van der Waals surface area contributed by atoms with E-state index in [2.05, 4.69) is 95.3 Å². The third-order valence-corrected chi connectivity index (χ3v) is 8.12. The fourth-order valence-electron chi connectivity index (χ4n) is 5.28. The van der Waals surface area contributed by atoms with Crippen LogP contribution in [-0.2, 0) is 37.6 Å². The highest BCUT2D eigenvalue weighted by atomic mass is 16.5. The number of benzene rings is 2. The van der Waals surface area contributed by atoms with Crippen LogP contribution in [0.1, 0.15) is 163 Å². The van der Waals surface area contributed by atoms with Crippen molar-refractivity contribution < 1.29 is 29.6 Å². The van der Waals surface area contributed by atoms with E-state index in [9.17, 15) is 19.8 Å². The lowest BCUT2D eigenvalue weighted by atomic mass is 9.78. The molecule has 7 heteroatoms. The first kappa shape index (κ1) is 41.8. The van der Waals surface area contributed by atoms with Crippen molar-refractivity contribution in [3.63, 3.8) is 0 Å². The first-order valence-corrected chi connectivity index (χ1v) is 17.3. The number of rotatable bonds is 11. The zero-order chi connectivity index (χ0) is 36.4. The van der Waals surface area contributed by atoms with Gasteiger partial charge < -0.3 is 20.1 Å². The minimum atomic E-state index is -0.798. The second kappa shape index (κ2) is 17.3. The largest absolute Gasteiger partial charge is 0.507 e. The number of ether oxygens (including phenoxy) is 1. The van der Waals surface area contributed by atoms with Gasteiger partial charge in [0.1, 0.15) is 11.5 Å². The predicted octanol–water partition coefficient (Wildman–Crippen LogP) is 10.9. The molecule has 0 aliphatic heterocycles. The maximum Gasteiger partial charge on any atom is 0.411 e. The summed E-state index contributed by atoms with van der Waals surface area (Å²) >= 11 is 0. The number of carboxylic acids is 1. The van der Waals surface area contributed by atoms with Crippen LogP contribution in [0.25, 0.3) is 0 Å². The SMILES string of the molecule is CC(C)(C)c1cc(CCC(=O)O)cc(C(C)(C)C)c1O.CCCCCCCCOC(=O)Nc1cc(C(C)(C)C)c(O)c(C(C)(C)C)c1. The number of aliphatic carboxylic acids is 1. The second-order valence-corrected chi connectivity index (χ2v) is 16.9. The summed E-state index contributed by atoms with van der Waals surface area (Å²) in [5.41, 5.74) is 4.22. The Morgan fingerprint density at radius 2 is 1.02 bits per heavy atom. The Morgan fingerprint density at radius 3 is 1.40 bits per heavy atom. The van der Waals surface area contributed by atoms with Crippen LogP contribution >= 0.6 is 0 Å². The lowest BCUT2D eigenvalue weighted by Gasteiger charge is -2.28.